The summed E-state index contributed by atoms with van der Waals surface area (Å²) in [4.78, 5) is 3.98. The number of hydrogen-bond acceptors (Lipinski definition) is 6. The van der Waals surface area contributed by atoms with Crippen LogP contribution in [0.4, 0.5) is 24.0 Å². The summed E-state index contributed by atoms with van der Waals surface area (Å²) in [5.41, 5.74) is 0.371. The van der Waals surface area contributed by atoms with Crippen LogP contribution in [0.5, 0.6) is 5.75 Å². The summed E-state index contributed by atoms with van der Waals surface area (Å²) in [7, 11) is -3.96. The standard InChI is InChI=1S/C16H9Cl2F3N2O3S2/c17-9-1-7-12(8-2-9)28(24,25)14-13(18)27-15(23-14)22-10-3-5-11(6-4-10)26-16(19,20)21/h1-8H,(H,22,23). The summed E-state index contributed by atoms with van der Waals surface area (Å²) in [6.45, 7) is 0. The number of aromatic nitrogens is 1. The fraction of sp³-hybridized carbons (Fsp3) is 0.0625. The van der Waals surface area contributed by atoms with Gasteiger partial charge in [-0.1, -0.05) is 34.5 Å². The van der Waals surface area contributed by atoms with E-state index in [2.05, 4.69) is 15.0 Å². The van der Waals surface area contributed by atoms with Crippen molar-refractivity contribution in [2.24, 2.45) is 0 Å². The predicted octanol–water partition coefficient (Wildman–Crippen LogP) is 5.92. The van der Waals surface area contributed by atoms with Crippen LogP contribution < -0.4 is 10.1 Å². The highest BCUT2D eigenvalue weighted by molar-refractivity contribution is 7.91. The number of alkyl halides is 3. The van der Waals surface area contributed by atoms with Gasteiger partial charge in [-0.05, 0) is 48.5 Å². The highest BCUT2D eigenvalue weighted by atomic mass is 35.5. The molecular weight excluding hydrogens is 460 g/mol. The lowest BCUT2D eigenvalue weighted by Gasteiger charge is -2.09. The monoisotopic (exact) mass is 468 g/mol. The Hall–Kier alpha value is -2.01. The molecule has 1 heterocycles. The topological polar surface area (TPSA) is 68.3 Å². The molecule has 148 valence electrons. The van der Waals surface area contributed by atoms with Gasteiger partial charge in [0.1, 0.15) is 10.1 Å². The number of hydrogen-bond donors (Lipinski definition) is 1. The molecule has 12 heteroatoms. The molecule has 0 radical (unpaired) electrons. The normalized spacial score (nSPS) is 12.0. The van der Waals surface area contributed by atoms with Crippen LogP contribution in [-0.2, 0) is 9.84 Å². The van der Waals surface area contributed by atoms with E-state index < -0.39 is 16.2 Å². The van der Waals surface area contributed by atoms with Crippen molar-refractivity contribution in [3.8, 4) is 5.75 Å². The predicted molar refractivity (Wildman–Crippen MR) is 100 cm³/mol. The third-order valence-corrected chi connectivity index (χ3v) is 6.64. The third kappa shape index (κ3) is 4.88. The molecule has 0 saturated heterocycles. The van der Waals surface area contributed by atoms with E-state index in [1.807, 2.05) is 0 Å². The molecular formula is C16H9Cl2F3N2O3S2. The van der Waals surface area contributed by atoms with Crippen LogP contribution in [-0.4, -0.2) is 19.8 Å². The van der Waals surface area contributed by atoms with Gasteiger partial charge in [-0.3, -0.25) is 0 Å². The maximum Gasteiger partial charge on any atom is 0.573 e. The average Bonchev–Trinajstić information content (AvgIpc) is 2.97. The van der Waals surface area contributed by atoms with Crippen molar-refractivity contribution in [2.75, 3.05) is 5.32 Å². The highest BCUT2D eigenvalue weighted by Gasteiger charge is 2.31. The third-order valence-electron chi connectivity index (χ3n) is 3.28. The zero-order valence-corrected chi connectivity index (χ0v) is 16.6. The number of nitrogens with zero attached hydrogens (tertiary/aromatic N) is 1. The van der Waals surface area contributed by atoms with Crippen LogP contribution in [0.15, 0.2) is 58.5 Å². The number of benzene rings is 2. The average molecular weight is 469 g/mol. The van der Waals surface area contributed by atoms with Gasteiger partial charge >= 0.3 is 6.36 Å². The zero-order chi connectivity index (χ0) is 20.5. The summed E-state index contributed by atoms with van der Waals surface area (Å²) in [6.07, 6.45) is -4.79. The Balaban J connectivity index is 1.81. The number of halogens is 5. The van der Waals surface area contributed by atoms with Crippen molar-refractivity contribution in [3.63, 3.8) is 0 Å². The maximum atomic E-state index is 12.7. The van der Waals surface area contributed by atoms with Crippen LogP contribution in [0.2, 0.25) is 9.36 Å². The Morgan fingerprint density at radius 2 is 1.61 bits per heavy atom. The molecule has 5 nitrogen and oxygen atoms in total. The smallest absolute Gasteiger partial charge is 0.406 e. The molecule has 0 spiro atoms. The Morgan fingerprint density at radius 1 is 1.00 bits per heavy atom. The summed E-state index contributed by atoms with van der Waals surface area (Å²) < 4.78 is 65.6. The summed E-state index contributed by atoms with van der Waals surface area (Å²) in [5, 5.41) is 2.99. The SMILES string of the molecule is O=S(=O)(c1ccc(Cl)cc1)c1nc(Nc2ccc(OC(F)(F)F)cc2)sc1Cl. The second-order valence-electron chi connectivity index (χ2n) is 5.25. The molecule has 0 unspecified atom stereocenters. The van der Waals surface area contributed by atoms with E-state index in [0.717, 1.165) is 23.5 Å². The molecule has 0 amide bonds. The van der Waals surface area contributed by atoms with E-state index >= 15 is 0 Å². The number of rotatable bonds is 5. The summed E-state index contributed by atoms with van der Waals surface area (Å²) >= 11 is 12.7. The first-order valence-corrected chi connectivity index (χ1v) is 10.4. The highest BCUT2D eigenvalue weighted by Crippen LogP contribution is 2.36. The second-order valence-corrected chi connectivity index (χ2v) is 9.15. The van der Waals surface area contributed by atoms with Crippen molar-refractivity contribution in [1.29, 1.82) is 0 Å². The number of ether oxygens (including phenoxy) is 1. The summed E-state index contributed by atoms with van der Waals surface area (Å²) in [5.74, 6) is -0.388. The minimum absolute atomic E-state index is 0.0238. The molecule has 0 fully saturated rings. The molecule has 28 heavy (non-hydrogen) atoms. The minimum Gasteiger partial charge on any atom is -0.406 e. The molecule has 3 aromatic rings. The quantitative estimate of drug-likeness (QED) is 0.502. The molecule has 3 rings (SSSR count). The Labute approximate surface area is 171 Å². The van der Waals surface area contributed by atoms with Gasteiger partial charge < -0.3 is 10.1 Å². The lowest BCUT2D eigenvalue weighted by atomic mass is 10.3. The maximum absolute atomic E-state index is 12.7. The van der Waals surface area contributed by atoms with E-state index in [0.29, 0.717) is 10.7 Å². The molecule has 0 saturated carbocycles. The van der Waals surface area contributed by atoms with E-state index in [-0.39, 0.29) is 25.1 Å². The zero-order valence-electron chi connectivity index (χ0n) is 13.5. The molecule has 1 N–H and O–H groups in total. The van der Waals surface area contributed by atoms with Gasteiger partial charge in [0.05, 0.1) is 4.90 Å². The van der Waals surface area contributed by atoms with Crippen molar-refractivity contribution in [1.82, 2.24) is 4.98 Å². The van der Waals surface area contributed by atoms with Gasteiger partial charge in [-0.2, -0.15) is 0 Å². The van der Waals surface area contributed by atoms with Gasteiger partial charge in [0, 0.05) is 10.7 Å². The van der Waals surface area contributed by atoms with Crippen molar-refractivity contribution < 1.29 is 26.3 Å². The number of nitrogens with one attached hydrogen (secondary N) is 1. The lowest BCUT2D eigenvalue weighted by Crippen LogP contribution is -2.16. The van der Waals surface area contributed by atoms with Crippen molar-refractivity contribution in [2.45, 2.75) is 16.3 Å². The van der Waals surface area contributed by atoms with Gasteiger partial charge in [0.2, 0.25) is 9.84 Å². The molecule has 0 bridgehead atoms. The molecule has 0 aliphatic rings. The van der Waals surface area contributed by atoms with E-state index in [4.69, 9.17) is 23.2 Å². The Bertz CT molecular complexity index is 1080. The van der Waals surface area contributed by atoms with Gasteiger partial charge in [-0.25, -0.2) is 13.4 Å². The van der Waals surface area contributed by atoms with Gasteiger partial charge in [-0.15, -0.1) is 13.2 Å². The Morgan fingerprint density at radius 3 is 2.18 bits per heavy atom. The van der Waals surface area contributed by atoms with Gasteiger partial charge in [0.25, 0.3) is 0 Å². The Kier molecular flexibility index (Phi) is 5.76. The molecule has 0 aliphatic carbocycles. The largest absolute Gasteiger partial charge is 0.573 e. The summed E-state index contributed by atoms with van der Waals surface area (Å²) in [6, 6.07) is 10.4. The first kappa shape index (κ1) is 20.7. The number of anilines is 2. The first-order valence-electron chi connectivity index (χ1n) is 7.34. The van der Waals surface area contributed by atoms with E-state index in [1.54, 1.807) is 0 Å². The van der Waals surface area contributed by atoms with E-state index in [1.165, 1.54) is 36.4 Å². The van der Waals surface area contributed by atoms with E-state index in [9.17, 15) is 21.6 Å². The van der Waals surface area contributed by atoms with Crippen LogP contribution in [0, 0.1) is 0 Å². The van der Waals surface area contributed by atoms with Crippen LogP contribution in [0.25, 0.3) is 0 Å². The van der Waals surface area contributed by atoms with Gasteiger partial charge in [0.15, 0.2) is 10.2 Å². The molecule has 2 aromatic carbocycles. The second kappa shape index (κ2) is 7.78. The van der Waals surface area contributed by atoms with Crippen molar-refractivity contribution >= 4 is 55.2 Å². The molecule has 1 aromatic heterocycles. The number of thiazole rings is 1. The van der Waals surface area contributed by atoms with Crippen LogP contribution in [0.3, 0.4) is 0 Å². The molecule has 0 atom stereocenters. The first-order chi connectivity index (χ1) is 13.0. The van der Waals surface area contributed by atoms with Crippen LogP contribution in [0.1, 0.15) is 0 Å². The lowest BCUT2D eigenvalue weighted by molar-refractivity contribution is -0.274. The fourth-order valence-corrected chi connectivity index (χ4v) is 5.05. The van der Waals surface area contributed by atoms with Crippen LogP contribution >= 0.6 is 34.5 Å². The van der Waals surface area contributed by atoms with Crippen molar-refractivity contribution in [3.05, 3.63) is 57.9 Å². The molecule has 0 aliphatic heterocycles. The fourth-order valence-electron chi connectivity index (χ4n) is 2.10. The minimum atomic E-state index is -4.79. The number of sulfone groups is 1.